The molecule has 0 radical (unpaired) electrons. The van der Waals surface area contributed by atoms with E-state index in [4.69, 9.17) is 0 Å². The Morgan fingerprint density at radius 1 is 0.969 bits per heavy atom. The molecule has 0 unspecified atom stereocenters. The van der Waals surface area contributed by atoms with Gasteiger partial charge in [0.05, 0.1) is 24.3 Å². The normalized spacial score (nSPS) is 21.2. The Morgan fingerprint density at radius 2 is 1.66 bits per heavy atom. The summed E-state index contributed by atoms with van der Waals surface area (Å²) >= 11 is 0. The average Bonchev–Trinajstić information content (AvgIpc) is 2.80. The van der Waals surface area contributed by atoms with Gasteiger partial charge in [-0.2, -0.15) is 0 Å². The first-order chi connectivity index (χ1) is 15.6. The van der Waals surface area contributed by atoms with Crippen molar-refractivity contribution in [2.75, 3.05) is 23.4 Å². The monoisotopic (exact) mass is 431 g/mol. The molecule has 3 aromatic rings. The zero-order chi connectivity index (χ0) is 22.2. The fraction of sp³-hybridized carbons (Fsp3) is 0.200. The zero-order valence-corrected chi connectivity index (χ0v) is 17.2. The first kappa shape index (κ1) is 20.2. The fourth-order valence-electron chi connectivity index (χ4n) is 4.85. The van der Waals surface area contributed by atoms with Crippen LogP contribution in [0.4, 0.5) is 20.6 Å². The third-order valence-electron chi connectivity index (χ3n) is 6.30. The van der Waals surface area contributed by atoms with Crippen molar-refractivity contribution in [2.24, 2.45) is 0 Å². The summed E-state index contributed by atoms with van der Waals surface area (Å²) in [4.78, 5) is 29.5. The molecule has 0 bridgehead atoms. The van der Waals surface area contributed by atoms with Crippen molar-refractivity contribution < 1.29 is 19.1 Å². The molecule has 3 aromatic carbocycles. The predicted molar refractivity (Wildman–Crippen MR) is 119 cm³/mol. The highest BCUT2D eigenvalue weighted by atomic mass is 19.1. The van der Waals surface area contributed by atoms with Crippen LogP contribution in [0.2, 0.25) is 0 Å². The molecule has 5 rings (SSSR count). The molecule has 6 nitrogen and oxygen atoms in total. The van der Waals surface area contributed by atoms with Crippen molar-refractivity contribution in [3.8, 4) is 0 Å². The molecule has 0 aromatic heterocycles. The number of para-hydroxylation sites is 2. The van der Waals surface area contributed by atoms with E-state index in [0.717, 1.165) is 5.56 Å². The quantitative estimate of drug-likeness (QED) is 0.662. The number of benzene rings is 3. The number of hydrogen-bond acceptors (Lipinski definition) is 3. The van der Waals surface area contributed by atoms with Crippen LogP contribution in [0.3, 0.4) is 0 Å². The van der Waals surface area contributed by atoms with Crippen LogP contribution in [-0.2, 0) is 0 Å². The Balaban J connectivity index is 1.49. The zero-order valence-electron chi connectivity index (χ0n) is 17.2. The van der Waals surface area contributed by atoms with Gasteiger partial charge in [-0.25, -0.2) is 9.18 Å². The van der Waals surface area contributed by atoms with Crippen molar-refractivity contribution in [3.05, 3.63) is 95.8 Å². The predicted octanol–water partition coefficient (Wildman–Crippen LogP) is 3.85. The number of carbonyl (C=O) groups is 2. The van der Waals surface area contributed by atoms with Gasteiger partial charge in [-0.1, -0.05) is 48.5 Å². The molecule has 32 heavy (non-hydrogen) atoms. The number of hydrogen-bond donors (Lipinski definition) is 2. The number of nitrogens with zero attached hydrogens (tertiary/aromatic N) is 2. The number of nitrogens with one attached hydrogen (secondary N) is 1. The summed E-state index contributed by atoms with van der Waals surface area (Å²) in [7, 11) is 0. The van der Waals surface area contributed by atoms with E-state index >= 15 is 0 Å². The largest absolute Gasteiger partial charge is 0.394 e. The second-order valence-corrected chi connectivity index (χ2v) is 8.00. The molecule has 2 aliphatic rings. The smallest absolute Gasteiger partial charge is 0.322 e. The molecule has 162 valence electrons. The number of amides is 3. The summed E-state index contributed by atoms with van der Waals surface area (Å²) < 4.78 is 14.4. The van der Waals surface area contributed by atoms with E-state index in [1.54, 1.807) is 29.2 Å². The molecule has 2 aliphatic heterocycles. The van der Waals surface area contributed by atoms with Gasteiger partial charge < -0.3 is 20.2 Å². The highest BCUT2D eigenvalue weighted by Gasteiger charge is 2.55. The maximum atomic E-state index is 14.4. The van der Waals surface area contributed by atoms with E-state index in [1.165, 1.54) is 17.0 Å². The van der Waals surface area contributed by atoms with Crippen LogP contribution >= 0.6 is 0 Å². The van der Waals surface area contributed by atoms with E-state index in [2.05, 4.69) is 5.32 Å². The number of anilines is 2. The summed E-state index contributed by atoms with van der Waals surface area (Å²) in [6, 6.07) is 21.3. The number of likely N-dealkylation sites (tertiary alicyclic amines) is 1. The van der Waals surface area contributed by atoms with E-state index in [1.807, 2.05) is 42.5 Å². The number of halogens is 1. The van der Waals surface area contributed by atoms with Crippen molar-refractivity contribution in [3.63, 3.8) is 0 Å². The lowest BCUT2D eigenvalue weighted by Crippen LogP contribution is -2.71. The topological polar surface area (TPSA) is 72.9 Å². The Morgan fingerprint density at radius 3 is 2.41 bits per heavy atom. The molecule has 7 heteroatoms. The fourth-order valence-corrected chi connectivity index (χ4v) is 4.85. The lowest BCUT2D eigenvalue weighted by Gasteiger charge is -2.58. The molecular formula is C25H22FN3O3. The lowest BCUT2D eigenvalue weighted by molar-refractivity contribution is -0.00267. The van der Waals surface area contributed by atoms with Gasteiger partial charge >= 0.3 is 6.03 Å². The Hall–Kier alpha value is -3.71. The van der Waals surface area contributed by atoms with Crippen molar-refractivity contribution in [1.82, 2.24) is 4.90 Å². The first-order valence-electron chi connectivity index (χ1n) is 10.5. The number of carbonyl (C=O) groups excluding carboxylic acids is 2. The van der Waals surface area contributed by atoms with Crippen LogP contribution in [0, 0.1) is 5.82 Å². The maximum absolute atomic E-state index is 14.4. The minimum absolute atomic E-state index is 0.0147. The van der Waals surface area contributed by atoms with Gasteiger partial charge in [0.25, 0.3) is 5.91 Å². The van der Waals surface area contributed by atoms with Gasteiger partial charge in [0, 0.05) is 23.8 Å². The third-order valence-corrected chi connectivity index (χ3v) is 6.30. The number of fused-ring (bicyclic) bond motifs is 3. The molecule has 2 N–H and O–H groups in total. The summed E-state index contributed by atoms with van der Waals surface area (Å²) in [6.45, 7) is 0.0204. The number of urea groups is 1. The maximum Gasteiger partial charge on any atom is 0.322 e. The highest BCUT2D eigenvalue weighted by Crippen LogP contribution is 2.48. The van der Waals surface area contributed by atoms with E-state index in [-0.39, 0.29) is 36.7 Å². The third kappa shape index (κ3) is 3.22. The van der Waals surface area contributed by atoms with Crippen molar-refractivity contribution >= 4 is 23.3 Å². The van der Waals surface area contributed by atoms with Crippen molar-refractivity contribution in [2.45, 2.75) is 18.0 Å². The SMILES string of the molecule is O=C(c1ccccc1F)N1C[C@H]2[C@@H](c3ccccc31)[C@H](CO)N2C(=O)Nc1ccccc1. The van der Waals surface area contributed by atoms with Crippen LogP contribution in [0.15, 0.2) is 78.9 Å². The average molecular weight is 431 g/mol. The van der Waals surface area contributed by atoms with Gasteiger partial charge in [0.2, 0.25) is 0 Å². The van der Waals surface area contributed by atoms with Crippen LogP contribution < -0.4 is 10.2 Å². The summed E-state index contributed by atoms with van der Waals surface area (Å²) in [5.74, 6) is -1.15. The second-order valence-electron chi connectivity index (χ2n) is 8.00. The molecule has 0 saturated carbocycles. The molecule has 0 spiro atoms. The van der Waals surface area contributed by atoms with Gasteiger partial charge in [-0.05, 0) is 35.9 Å². The van der Waals surface area contributed by atoms with Crippen LogP contribution in [0.1, 0.15) is 21.8 Å². The van der Waals surface area contributed by atoms with Crippen LogP contribution in [0.5, 0.6) is 0 Å². The van der Waals surface area contributed by atoms with E-state index < -0.39 is 17.8 Å². The standard InChI is InChI=1S/C25H22FN3O3/c26-19-12-6-4-10-17(19)24(31)28-14-21-23(18-11-5-7-13-20(18)28)22(15-30)29(21)25(32)27-16-8-2-1-3-9-16/h1-13,21-23,30H,14-15H2,(H,27,32)/t21-,22-,23+/m0/s1. The minimum atomic E-state index is -0.586. The van der Waals surface area contributed by atoms with Gasteiger partial charge in [0.1, 0.15) is 5.82 Å². The Kier molecular flexibility index (Phi) is 5.11. The summed E-state index contributed by atoms with van der Waals surface area (Å²) in [6.07, 6.45) is 0. The molecule has 0 aliphatic carbocycles. The van der Waals surface area contributed by atoms with Gasteiger partial charge in [0.15, 0.2) is 0 Å². The molecule has 3 amide bonds. The number of aliphatic hydroxyl groups excluding tert-OH is 1. The van der Waals surface area contributed by atoms with Gasteiger partial charge in [-0.15, -0.1) is 0 Å². The summed E-state index contributed by atoms with van der Waals surface area (Å²) in [5, 5.41) is 12.9. The first-order valence-corrected chi connectivity index (χ1v) is 10.5. The second kappa shape index (κ2) is 8.09. The molecule has 1 saturated heterocycles. The molecule has 3 atom stereocenters. The van der Waals surface area contributed by atoms with Gasteiger partial charge in [-0.3, -0.25) is 4.79 Å². The molecular weight excluding hydrogens is 409 g/mol. The lowest BCUT2D eigenvalue weighted by atomic mass is 9.72. The Bertz CT molecular complexity index is 1170. The van der Waals surface area contributed by atoms with Crippen molar-refractivity contribution in [1.29, 1.82) is 0 Å². The number of aliphatic hydroxyl groups is 1. The van der Waals surface area contributed by atoms with E-state index in [9.17, 15) is 19.1 Å². The molecule has 2 heterocycles. The van der Waals surface area contributed by atoms with Crippen LogP contribution in [-0.4, -0.2) is 47.2 Å². The highest BCUT2D eigenvalue weighted by molar-refractivity contribution is 6.07. The number of rotatable bonds is 3. The summed E-state index contributed by atoms with van der Waals surface area (Å²) in [5.41, 5.74) is 2.19. The van der Waals surface area contributed by atoms with E-state index in [0.29, 0.717) is 11.4 Å². The minimum Gasteiger partial charge on any atom is -0.394 e. The molecule has 1 fully saturated rings. The Labute approximate surface area is 184 Å². The van der Waals surface area contributed by atoms with Crippen LogP contribution in [0.25, 0.3) is 0 Å².